The van der Waals surface area contributed by atoms with E-state index in [4.69, 9.17) is 10.5 Å². The Morgan fingerprint density at radius 1 is 1.32 bits per heavy atom. The van der Waals surface area contributed by atoms with Crippen LogP contribution in [0, 0.1) is 11.3 Å². The number of aliphatic hydroxyl groups excluding tert-OH is 2. The lowest BCUT2D eigenvalue weighted by Gasteiger charge is -2.17. The lowest BCUT2D eigenvalue weighted by molar-refractivity contribution is -0.0510. The van der Waals surface area contributed by atoms with Gasteiger partial charge in [-0.15, -0.1) is 0 Å². The largest absolute Gasteiger partial charge is 0.394 e. The average Bonchev–Trinajstić information content (AvgIpc) is 3.01. The monoisotopic (exact) mass is 395 g/mol. The molecule has 4 atom stereocenters. The maximum absolute atomic E-state index is 13.2. The number of aromatic amines is 1. The minimum atomic E-state index is -1.06. The first kappa shape index (κ1) is 20.6. The van der Waals surface area contributed by atoms with Crippen LogP contribution in [0.5, 0.6) is 0 Å². The number of hydrogen-bond donors (Lipinski definition) is 4. The van der Waals surface area contributed by atoms with E-state index in [0.717, 1.165) is 6.42 Å². The third kappa shape index (κ3) is 3.59. The maximum Gasteiger partial charge on any atom is 0.332 e. The topological polar surface area (TPSA) is 148 Å². The fourth-order valence-electron chi connectivity index (χ4n) is 3.69. The summed E-state index contributed by atoms with van der Waals surface area (Å²) in [7, 11) is 0. The Morgan fingerprint density at radius 2 is 2.00 bits per heavy atom. The number of aryl methyl sites for hydroxylation is 1. The number of ether oxygens (including phenoxy) is 1. The number of aromatic nitrogens is 4. The SMILES string of the molecule is CC1C(CO)OC(n2c(=O)n(CCCC(C)(C)C)c3c(=O)[nH]c(N)nc32)C1O. The zero-order valence-corrected chi connectivity index (χ0v) is 16.7. The molecule has 1 saturated heterocycles. The molecule has 10 nitrogen and oxygen atoms in total. The molecule has 0 saturated carbocycles. The van der Waals surface area contributed by atoms with Gasteiger partial charge in [-0.2, -0.15) is 4.98 Å². The molecule has 0 aliphatic carbocycles. The Kier molecular flexibility index (Phi) is 5.39. The molecule has 0 spiro atoms. The van der Waals surface area contributed by atoms with Crippen LogP contribution in [-0.4, -0.2) is 48.1 Å². The fourth-order valence-corrected chi connectivity index (χ4v) is 3.69. The minimum Gasteiger partial charge on any atom is -0.394 e. The van der Waals surface area contributed by atoms with Gasteiger partial charge in [0.15, 0.2) is 17.4 Å². The van der Waals surface area contributed by atoms with Crippen LogP contribution in [0.2, 0.25) is 0 Å². The molecule has 2 aromatic heterocycles. The third-order valence-corrected chi connectivity index (χ3v) is 5.30. The van der Waals surface area contributed by atoms with E-state index in [0.29, 0.717) is 13.0 Å². The number of fused-ring (bicyclic) bond motifs is 1. The third-order valence-electron chi connectivity index (χ3n) is 5.30. The molecule has 0 bridgehead atoms. The standard InChI is InChI=1S/C18H29N5O5/c1-9-10(8-24)28-15(12(9)25)23-13-11(14(26)21-16(19)20-13)22(17(23)27)7-5-6-18(2,3)4/h9-10,12,15,24-25H,5-8H2,1-4H3,(H3,19,20,21,26). The van der Waals surface area contributed by atoms with Crippen LogP contribution in [0.3, 0.4) is 0 Å². The highest BCUT2D eigenvalue weighted by Gasteiger charge is 2.43. The number of H-pyrrole nitrogens is 1. The first-order valence-electron chi connectivity index (χ1n) is 9.50. The van der Waals surface area contributed by atoms with Gasteiger partial charge < -0.3 is 20.7 Å². The maximum atomic E-state index is 13.2. The second kappa shape index (κ2) is 7.34. The predicted octanol–water partition coefficient (Wildman–Crippen LogP) is 0.182. The molecule has 0 amide bonds. The van der Waals surface area contributed by atoms with Gasteiger partial charge in [0.05, 0.1) is 12.7 Å². The van der Waals surface area contributed by atoms with Crippen molar-refractivity contribution in [2.45, 2.75) is 65.5 Å². The van der Waals surface area contributed by atoms with Gasteiger partial charge in [-0.05, 0) is 18.3 Å². The Balaban J connectivity index is 2.12. The summed E-state index contributed by atoms with van der Waals surface area (Å²) in [5.74, 6) is -0.516. The van der Waals surface area contributed by atoms with Crippen molar-refractivity contribution in [3.63, 3.8) is 0 Å². The van der Waals surface area contributed by atoms with Crippen LogP contribution in [0.15, 0.2) is 9.59 Å². The number of anilines is 1. The second-order valence-electron chi connectivity index (χ2n) is 8.69. The molecule has 1 fully saturated rings. The van der Waals surface area contributed by atoms with Crippen molar-refractivity contribution in [3.05, 3.63) is 20.8 Å². The number of nitrogens with two attached hydrogens (primary N) is 1. The van der Waals surface area contributed by atoms with Gasteiger partial charge in [0.1, 0.15) is 6.10 Å². The van der Waals surface area contributed by atoms with Crippen molar-refractivity contribution < 1.29 is 14.9 Å². The smallest absolute Gasteiger partial charge is 0.332 e. The molecule has 156 valence electrons. The van der Waals surface area contributed by atoms with E-state index in [2.05, 4.69) is 30.7 Å². The highest BCUT2D eigenvalue weighted by molar-refractivity contribution is 5.71. The molecule has 0 radical (unpaired) electrons. The molecule has 5 N–H and O–H groups in total. The van der Waals surface area contributed by atoms with Crippen LogP contribution >= 0.6 is 0 Å². The summed E-state index contributed by atoms with van der Waals surface area (Å²) in [5, 5.41) is 20.0. The number of nitrogens with one attached hydrogen (secondary N) is 1. The van der Waals surface area contributed by atoms with Crippen LogP contribution in [0.25, 0.3) is 11.2 Å². The molecule has 3 heterocycles. The molecule has 0 aromatic carbocycles. The van der Waals surface area contributed by atoms with E-state index < -0.39 is 29.7 Å². The fraction of sp³-hybridized carbons (Fsp3) is 0.722. The highest BCUT2D eigenvalue weighted by atomic mass is 16.5. The first-order valence-corrected chi connectivity index (χ1v) is 9.50. The van der Waals surface area contributed by atoms with E-state index in [1.807, 2.05) is 0 Å². The number of aliphatic hydroxyl groups is 2. The average molecular weight is 395 g/mol. The first-order chi connectivity index (χ1) is 13.0. The number of nitrogens with zero attached hydrogens (tertiary/aromatic N) is 3. The van der Waals surface area contributed by atoms with Gasteiger partial charge in [-0.25, -0.2) is 9.36 Å². The number of imidazole rings is 1. The molecular formula is C18H29N5O5. The van der Waals surface area contributed by atoms with E-state index in [1.165, 1.54) is 9.13 Å². The number of rotatable bonds is 5. The van der Waals surface area contributed by atoms with Crippen molar-refractivity contribution in [1.29, 1.82) is 0 Å². The Bertz CT molecular complexity index is 970. The van der Waals surface area contributed by atoms with Crippen molar-refractivity contribution in [2.24, 2.45) is 11.3 Å². The zero-order chi connectivity index (χ0) is 20.8. The summed E-state index contributed by atoms with van der Waals surface area (Å²) in [5.41, 5.74) is 4.93. The molecule has 28 heavy (non-hydrogen) atoms. The zero-order valence-electron chi connectivity index (χ0n) is 16.7. The van der Waals surface area contributed by atoms with Crippen molar-refractivity contribution >= 4 is 17.1 Å². The summed E-state index contributed by atoms with van der Waals surface area (Å²) in [6, 6.07) is 0. The Hall–Kier alpha value is -2.17. The van der Waals surface area contributed by atoms with Gasteiger partial charge in [0, 0.05) is 12.5 Å². The van der Waals surface area contributed by atoms with Gasteiger partial charge in [0.2, 0.25) is 5.95 Å². The summed E-state index contributed by atoms with van der Waals surface area (Å²) in [6.07, 6.45) is -1.16. The van der Waals surface area contributed by atoms with Crippen LogP contribution in [0.1, 0.15) is 46.8 Å². The number of hydrogen-bond acceptors (Lipinski definition) is 7. The van der Waals surface area contributed by atoms with Crippen molar-refractivity contribution in [1.82, 2.24) is 19.1 Å². The Labute approximate surface area is 162 Å². The minimum absolute atomic E-state index is 0.0665. The van der Waals surface area contributed by atoms with Gasteiger partial charge >= 0.3 is 5.69 Å². The van der Waals surface area contributed by atoms with Crippen molar-refractivity contribution in [3.8, 4) is 0 Å². The van der Waals surface area contributed by atoms with Crippen LogP contribution < -0.4 is 17.0 Å². The molecule has 10 heteroatoms. The summed E-state index contributed by atoms with van der Waals surface area (Å²) in [6.45, 7) is 8.08. The molecule has 3 rings (SSSR count). The van der Waals surface area contributed by atoms with Gasteiger partial charge in [0.25, 0.3) is 5.56 Å². The second-order valence-corrected chi connectivity index (χ2v) is 8.69. The molecule has 4 unspecified atom stereocenters. The van der Waals surface area contributed by atoms with Crippen LogP contribution in [0.4, 0.5) is 5.95 Å². The van der Waals surface area contributed by atoms with Gasteiger partial charge in [-0.1, -0.05) is 27.7 Å². The summed E-state index contributed by atoms with van der Waals surface area (Å²) >= 11 is 0. The normalized spacial score (nSPS) is 25.6. The molecule has 1 aliphatic heterocycles. The van der Waals surface area contributed by atoms with E-state index in [1.54, 1.807) is 6.92 Å². The van der Waals surface area contributed by atoms with Gasteiger partial charge in [-0.3, -0.25) is 14.3 Å². The predicted molar refractivity (Wildman–Crippen MR) is 104 cm³/mol. The summed E-state index contributed by atoms with van der Waals surface area (Å²) < 4.78 is 8.25. The van der Waals surface area contributed by atoms with Crippen LogP contribution in [-0.2, 0) is 11.3 Å². The highest BCUT2D eigenvalue weighted by Crippen LogP contribution is 2.34. The Morgan fingerprint density at radius 3 is 2.57 bits per heavy atom. The van der Waals surface area contributed by atoms with E-state index in [9.17, 15) is 19.8 Å². The lowest BCUT2D eigenvalue weighted by Crippen LogP contribution is -2.33. The lowest BCUT2D eigenvalue weighted by atomic mass is 9.91. The number of nitrogen functional groups attached to an aromatic ring is 1. The molecule has 2 aromatic rings. The quantitative estimate of drug-likeness (QED) is 0.564. The summed E-state index contributed by atoms with van der Waals surface area (Å²) in [4.78, 5) is 32.3. The van der Waals surface area contributed by atoms with Crippen molar-refractivity contribution in [2.75, 3.05) is 12.3 Å². The van der Waals surface area contributed by atoms with E-state index >= 15 is 0 Å². The molecule has 1 aliphatic rings. The molecular weight excluding hydrogens is 366 g/mol. The van der Waals surface area contributed by atoms with E-state index in [-0.39, 0.29) is 35.1 Å².